The van der Waals surface area contributed by atoms with Crippen LogP contribution in [0, 0.1) is 0 Å². The van der Waals surface area contributed by atoms with Gasteiger partial charge in [-0.15, -0.1) is 0 Å². The maximum atomic E-state index is 12.8. The molecule has 1 unspecified atom stereocenters. The van der Waals surface area contributed by atoms with E-state index in [2.05, 4.69) is 10.3 Å². The first kappa shape index (κ1) is 14.5. The summed E-state index contributed by atoms with van der Waals surface area (Å²) in [6.07, 6.45) is 1.74. The molecule has 0 radical (unpaired) electrons. The Bertz CT molecular complexity index is 645. The van der Waals surface area contributed by atoms with Crippen molar-refractivity contribution in [1.82, 2.24) is 15.2 Å². The molecule has 1 aromatic carbocycles. The Morgan fingerprint density at radius 1 is 1.32 bits per heavy atom. The monoisotopic (exact) mass is 297 g/mol. The Hall–Kier alpha value is -2.40. The summed E-state index contributed by atoms with van der Waals surface area (Å²) < 4.78 is 5.68. The van der Waals surface area contributed by atoms with Gasteiger partial charge >= 0.3 is 0 Å². The molecule has 1 amide bonds. The van der Waals surface area contributed by atoms with Gasteiger partial charge in [-0.1, -0.05) is 24.3 Å². The van der Waals surface area contributed by atoms with E-state index in [9.17, 15) is 4.79 Å². The van der Waals surface area contributed by atoms with Crippen molar-refractivity contribution in [3.8, 4) is 5.75 Å². The van der Waals surface area contributed by atoms with E-state index in [1.807, 2.05) is 42.5 Å². The van der Waals surface area contributed by atoms with Crippen molar-refractivity contribution in [3.63, 3.8) is 0 Å². The average Bonchev–Trinajstić information content (AvgIpc) is 2.77. The molecule has 5 heteroatoms. The topological polar surface area (TPSA) is 54.5 Å². The Labute approximate surface area is 129 Å². The van der Waals surface area contributed by atoms with Gasteiger partial charge in [0, 0.05) is 25.4 Å². The van der Waals surface area contributed by atoms with Gasteiger partial charge in [0.15, 0.2) is 0 Å². The van der Waals surface area contributed by atoms with E-state index < -0.39 is 0 Å². The molecule has 1 aromatic heterocycles. The predicted molar refractivity (Wildman–Crippen MR) is 83.4 cm³/mol. The van der Waals surface area contributed by atoms with Gasteiger partial charge in [-0.25, -0.2) is 0 Å². The molecule has 3 rings (SSSR count). The lowest BCUT2D eigenvalue weighted by atomic mass is 10.0. The van der Waals surface area contributed by atoms with Gasteiger partial charge in [0.25, 0.3) is 0 Å². The van der Waals surface area contributed by atoms with Gasteiger partial charge in [0.2, 0.25) is 5.91 Å². The van der Waals surface area contributed by atoms with Gasteiger partial charge in [-0.05, 0) is 18.2 Å². The van der Waals surface area contributed by atoms with E-state index in [1.54, 1.807) is 18.1 Å². The molecule has 0 bridgehead atoms. The van der Waals surface area contributed by atoms with Crippen LogP contribution in [-0.4, -0.2) is 36.0 Å². The Balaban J connectivity index is 1.79. The largest absolute Gasteiger partial charge is 0.492 e. The van der Waals surface area contributed by atoms with Crippen LogP contribution >= 0.6 is 0 Å². The van der Waals surface area contributed by atoms with E-state index in [-0.39, 0.29) is 11.9 Å². The molecule has 5 nitrogen and oxygen atoms in total. The van der Waals surface area contributed by atoms with E-state index in [1.165, 1.54) is 0 Å². The molecule has 1 aliphatic heterocycles. The quantitative estimate of drug-likeness (QED) is 0.938. The van der Waals surface area contributed by atoms with E-state index in [0.29, 0.717) is 19.7 Å². The number of ether oxygens (including phenoxy) is 1. The van der Waals surface area contributed by atoms with Crippen molar-refractivity contribution in [1.29, 1.82) is 0 Å². The average molecular weight is 297 g/mol. The number of rotatable bonds is 3. The van der Waals surface area contributed by atoms with E-state index in [0.717, 1.165) is 17.0 Å². The van der Waals surface area contributed by atoms with Gasteiger partial charge in [0.05, 0.1) is 12.2 Å². The number of amides is 1. The second-order valence-corrected chi connectivity index (χ2v) is 5.29. The number of carbonyl (C=O) groups excluding carboxylic acids is 1. The summed E-state index contributed by atoms with van der Waals surface area (Å²) >= 11 is 0. The Kier molecular flexibility index (Phi) is 4.34. The number of nitrogens with zero attached hydrogens (tertiary/aromatic N) is 2. The summed E-state index contributed by atoms with van der Waals surface area (Å²) in [7, 11) is 1.80. The number of likely N-dealkylation sites (N-methyl/N-ethyl adjacent to an activating group) is 1. The summed E-state index contributed by atoms with van der Waals surface area (Å²) in [4.78, 5) is 18.8. The summed E-state index contributed by atoms with van der Waals surface area (Å²) in [5.74, 6) is 0.792. The molecule has 2 aromatic rings. The zero-order chi connectivity index (χ0) is 15.4. The van der Waals surface area contributed by atoms with Crippen molar-refractivity contribution in [2.24, 2.45) is 0 Å². The van der Waals surface area contributed by atoms with Crippen LogP contribution in [0.25, 0.3) is 0 Å². The zero-order valence-corrected chi connectivity index (χ0v) is 12.5. The number of benzene rings is 1. The third-order valence-corrected chi connectivity index (χ3v) is 3.69. The fraction of sp³-hybridized carbons (Fsp3) is 0.294. The second kappa shape index (κ2) is 6.58. The third kappa shape index (κ3) is 3.09. The molecule has 2 heterocycles. The lowest BCUT2D eigenvalue weighted by Crippen LogP contribution is -2.38. The molecule has 1 atom stereocenters. The minimum Gasteiger partial charge on any atom is -0.492 e. The lowest BCUT2D eigenvalue weighted by molar-refractivity contribution is -0.132. The van der Waals surface area contributed by atoms with Crippen LogP contribution in [0.5, 0.6) is 5.75 Å². The van der Waals surface area contributed by atoms with Crippen molar-refractivity contribution >= 4 is 5.91 Å². The number of pyridine rings is 1. The standard InChI is InChI=1S/C17H19N3O2/c1-20(12-13-6-4-5-9-18-13)17(21)16-14-7-2-3-8-15(14)22-11-10-19-16/h2-9,16,19H,10-12H2,1H3. The first-order valence-electron chi connectivity index (χ1n) is 7.35. The van der Waals surface area contributed by atoms with Gasteiger partial charge in [0.1, 0.15) is 18.4 Å². The van der Waals surface area contributed by atoms with Crippen molar-refractivity contribution in [2.45, 2.75) is 12.6 Å². The van der Waals surface area contributed by atoms with Crippen LogP contribution in [0.1, 0.15) is 17.3 Å². The number of para-hydroxylation sites is 1. The fourth-order valence-electron chi connectivity index (χ4n) is 2.58. The highest BCUT2D eigenvalue weighted by Crippen LogP contribution is 2.28. The first-order valence-corrected chi connectivity index (χ1v) is 7.35. The minimum absolute atomic E-state index is 0.0172. The van der Waals surface area contributed by atoms with Crippen LogP contribution in [0.3, 0.4) is 0 Å². The molecule has 1 aliphatic rings. The van der Waals surface area contributed by atoms with Crippen LogP contribution in [0.2, 0.25) is 0 Å². The molecule has 0 spiro atoms. The molecule has 114 valence electrons. The van der Waals surface area contributed by atoms with Crippen LogP contribution in [0.4, 0.5) is 0 Å². The van der Waals surface area contributed by atoms with Crippen LogP contribution in [-0.2, 0) is 11.3 Å². The summed E-state index contributed by atoms with van der Waals surface area (Å²) in [5.41, 5.74) is 1.76. The summed E-state index contributed by atoms with van der Waals surface area (Å²) in [5, 5.41) is 3.27. The molecule has 0 saturated carbocycles. The maximum absolute atomic E-state index is 12.8. The van der Waals surface area contributed by atoms with Gasteiger partial charge in [-0.2, -0.15) is 0 Å². The Morgan fingerprint density at radius 2 is 2.14 bits per heavy atom. The van der Waals surface area contributed by atoms with Crippen molar-refractivity contribution in [2.75, 3.05) is 20.2 Å². The van der Waals surface area contributed by atoms with E-state index in [4.69, 9.17) is 4.74 Å². The molecule has 0 saturated heterocycles. The SMILES string of the molecule is CN(Cc1ccccn1)C(=O)C1NCCOc2ccccc21. The normalized spacial score (nSPS) is 17.0. The molecular weight excluding hydrogens is 278 g/mol. The zero-order valence-electron chi connectivity index (χ0n) is 12.5. The number of aromatic nitrogens is 1. The highest BCUT2D eigenvalue weighted by atomic mass is 16.5. The smallest absolute Gasteiger partial charge is 0.244 e. The van der Waals surface area contributed by atoms with Gasteiger partial charge in [-0.3, -0.25) is 15.1 Å². The number of hydrogen-bond donors (Lipinski definition) is 1. The Morgan fingerprint density at radius 3 is 2.95 bits per heavy atom. The van der Waals surface area contributed by atoms with Crippen molar-refractivity contribution < 1.29 is 9.53 Å². The van der Waals surface area contributed by atoms with Crippen molar-refractivity contribution in [3.05, 3.63) is 59.9 Å². The second-order valence-electron chi connectivity index (χ2n) is 5.29. The summed E-state index contributed by atoms with van der Waals surface area (Å²) in [6.45, 7) is 1.69. The lowest BCUT2D eigenvalue weighted by Gasteiger charge is -2.24. The number of fused-ring (bicyclic) bond motifs is 1. The first-order chi connectivity index (χ1) is 10.8. The van der Waals surface area contributed by atoms with Gasteiger partial charge < -0.3 is 9.64 Å². The molecule has 22 heavy (non-hydrogen) atoms. The highest BCUT2D eigenvalue weighted by molar-refractivity contribution is 5.84. The third-order valence-electron chi connectivity index (χ3n) is 3.69. The van der Waals surface area contributed by atoms with Crippen LogP contribution < -0.4 is 10.1 Å². The minimum atomic E-state index is -0.382. The maximum Gasteiger partial charge on any atom is 0.244 e. The van der Waals surface area contributed by atoms with E-state index >= 15 is 0 Å². The molecule has 1 N–H and O–H groups in total. The number of hydrogen-bond acceptors (Lipinski definition) is 4. The van der Waals surface area contributed by atoms with Crippen LogP contribution in [0.15, 0.2) is 48.7 Å². The number of nitrogens with one attached hydrogen (secondary N) is 1. The molecular formula is C17H19N3O2. The molecule has 0 aliphatic carbocycles. The number of carbonyl (C=O) groups is 1. The summed E-state index contributed by atoms with van der Waals surface area (Å²) in [6, 6.07) is 13.0. The highest BCUT2D eigenvalue weighted by Gasteiger charge is 2.28. The fourth-order valence-corrected chi connectivity index (χ4v) is 2.58. The molecule has 0 fully saturated rings. The predicted octanol–water partition coefficient (Wildman–Crippen LogP) is 1.76.